The van der Waals surface area contributed by atoms with Gasteiger partial charge in [-0.1, -0.05) is 27.7 Å². The maximum Gasteiger partial charge on any atom is 0.248 e. The minimum Gasteiger partial charge on any atom is -0.376 e. The van der Waals surface area contributed by atoms with E-state index in [4.69, 9.17) is 9.47 Å². The van der Waals surface area contributed by atoms with Crippen molar-refractivity contribution in [2.75, 3.05) is 13.2 Å². The topological polar surface area (TPSA) is 18.5 Å². The second-order valence-corrected chi connectivity index (χ2v) is 6.40. The normalized spacial score (nSPS) is 22.1. The summed E-state index contributed by atoms with van der Waals surface area (Å²) < 4.78 is 37.7. The molecule has 0 saturated heterocycles. The van der Waals surface area contributed by atoms with E-state index in [1.54, 1.807) is 0 Å². The second kappa shape index (κ2) is 7.53. The van der Waals surface area contributed by atoms with E-state index in [0.29, 0.717) is 31.3 Å². The Bertz CT molecular complexity index is 245. The molecule has 0 radical (unpaired) electrons. The van der Waals surface area contributed by atoms with Gasteiger partial charge in [-0.05, 0) is 24.7 Å². The molecule has 114 valence electrons. The Labute approximate surface area is 115 Å². The van der Waals surface area contributed by atoms with E-state index >= 15 is 0 Å². The van der Waals surface area contributed by atoms with E-state index in [0.717, 1.165) is 6.61 Å². The largest absolute Gasteiger partial charge is 0.376 e. The molecule has 19 heavy (non-hydrogen) atoms. The van der Waals surface area contributed by atoms with Crippen LogP contribution in [0, 0.1) is 11.8 Å². The maximum atomic E-state index is 13.0. The molecule has 1 saturated carbocycles. The minimum atomic E-state index is -2.48. The van der Waals surface area contributed by atoms with Gasteiger partial charge in [0.25, 0.3) is 0 Å². The summed E-state index contributed by atoms with van der Waals surface area (Å²) in [5.74, 6) is -1.61. The smallest absolute Gasteiger partial charge is 0.248 e. The molecule has 0 heterocycles. The van der Waals surface area contributed by atoms with E-state index in [1.165, 1.54) is 0 Å². The quantitative estimate of drug-likeness (QED) is 0.692. The minimum absolute atomic E-state index is 0.0245. The first-order valence-electron chi connectivity index (χ1n) is 7.41. The van der Waals surface area contributed by atoms with Crippen molar-refractivity contribution >= 4 is 0 Å². The third-order valence-electron chi connectivity index (χ3n) is 3.55. The van der Waals surface area contributed by atoms with Crippen LogP contribution < -0.4 is 0 Å². The van der Waals surface area contributed by atoms with E-state index in [1.807, 2.05) is 0 Å². The average molecular weight is 278 g/mol. The van der Waals surface area contributed by atoms with Crippen LogP contribution in [0.1, 0.15) is 53.4 Å². The number of halogens is 2. The predicted octanol–water partition coefficient (Wildman–Crippen LogP) is 4.28. The fourth-order valence-electron chi connectivity index (χ4n) is 2.16. The zero-order valence-electron chi connectivity index (χ0n) is 12.6. The molecular formula is C15H28F2O2. The lowest BCUT2D eigenvalue weighted by molar-refractivity contribution is -0.108. The fraction of sp³-hybridized carbons (Fsp3) is 1.00. The Hall–Kier alpha value is -0.220. The summed E-state index contributed by atoms with van der Waals surface area (Å²) in [6.45, 7) is 9.66. The van der Waals surface area contributed by atoms with Crippen molar-refractivity contribution in [2.24, 2.45) is 11.8 Å². The molecule has 1 rings (SSSR count). The van der Waals surface area contributed by atoms with Gasteiger partial charge in [0.05, 0.1) is 18.8 Å². The van der Waals surface area contributed by atoms with E-state index in [2.05, 4.69) is 27.7 Å². The average Bonchev–Trinajstić information content (AvgIpc) is 2.30. The SMILES string of the molecule is CC(C)COC(COC1CCC(F)(F)CC1)C(C)C. The zero-order chi connectivity index (χ0) is 14.5. The number of alkyl halides is 2. The van der Waals surface area contributed by atoms with Gasteiger partial charge in [-0.25, -0.2) is 8.78 Å². The molecule has 0 N–H and O–H groups in total. The van der Waals surface area contributed by atoms with Gasteiger partial charge < -0.3 is 9.47 Å². The summed E-state index contributed by atoms with van der Waals surface area (Å²) in [4.78, 5) is 0. The summed E-state index contributed by atoms with van der Waals surface area (Å²) >= 11 is 0. The summed E-state index contributed by atoms with van der Waals surface area (Å²) in [7, 11) is 0. The van der Waals surface area contributed by atoms with Crippen molar-refractivity contribution in [1.29, 1.82) is 0 Å². The van der Waals surface area contributed by atoms with Crippen LogP contribution >= 0.6 is 0 Å². The molecule has 0 bridgehead atoms. The highest BCUT2D eigenvalue weighted by Gasteiger charge is 2.35. The van der Waals surface area contributed by atoms with Gasteiger partial charge in [0.2, 0.25) is 5.92 Å². The summed E-state index contributed by atoms with van der Waals surface area (Å²) in [5.41, 5.74) is 0. The highest BCUT2D eigenvalue weighted by Crippen LogP contribution is 2.34. The van der Waals surface area contributed by atoms with Gasteiger partial charge >= 0.3 is 0 Å². The molecule has 1 fully saturated rings. The van der Waals surface area contributed by atoms with Gasteiger partial charge in [-0.2, -0.15) is 0 Å². The first kappa shape index (κ1) is 16.8. The van der Waals surface area contributed by atoms with E-state index < -0.39 is 5.92 Å². The monoisotopic (exact) mass is 278 g/mol. The number of rotatable bonds is 7. The van der Waals surface area contributed by atoms with Crippen LogP contribution in [0.5, 0.6) is 0 Å². The molecule has 2 nitrogen and oxygen atoms in total. The molecule has 0 aromatic rings. The van der Waals surface area contributed by atoms with Crippen molar-refractivity contribution in [1.82, 2.24) is 0 Å². The summed E-state index contributed by atoms with van der Waals surface area (Å²) in [6, 6.07) is 0. The van der Waals surface area contributed by atoms with Crippen LogP contribution in [-0.4, -0.2) is 31.3 Å². The standard InChI is InChI=1S/C15H28F2O2/c1-11(2)9-19-14(12(3)4)10-18-13-5-7-15(16,17)8-6-13/h11-14H,5-10H2,1-4H3. The molecule has 0 aromatic carbocycles. The third-order valence-corrected chi connectivity index (χ3v) is 3.55. The van der Waals surface area contributed by atoms with Crippen LogP contribution in [-0.2, 0) is 9.47 Å². The lowest BCUT2D eigenvalue weighted by Crippen LogP contribution is -2.33. The molecule has 1 atom stereocenters. The molecule has 0 aromatic heterocycles. The number of ether oxygens (including phenoxy) is 2. The van der Waals surface area contributed by atoms with Crippen molar-refractivity contribution in [3.63, 3.8) is 0 Å². The molecule has 1 unspecified atom stereocenters. The van der Waals surface area contributed by atoms with Crippen LogP contribution in [0.3, 0.4) is 0 Å². The molecular weight excluding hydrogens is 250 g/mol. The van der Waals surface area contributed by atoms with Crippen LogP contribution in [0.4, 0.5) is 8.78 Å². The Kier molecular flexibility index (Phi) is 6.67. The van der Waals surface area contributed by atoms with Gasteiger partial charge in [0.15, 0.2) is 0 Å². The molecule has 1 aliphatic rings. The zero-order valence-corrected chi connectivity index (χ0v) is 12.6. The number of hydrogen-bond acceptors (Lipinski definition) is 2. The van der Waals surface area contributed by atoms with Crippen LogP contribution in [0.2, 0.25) is 0 Å². The first-order valence-corrected chi connectivity index (χ1v) is 7.41. The third kappa shape index (κ3) is 6.66. The van der Waals surface area contributed by atoms with E-state index in [-0.39, 0.29) is 25.0 Å². The lowest BCUT2D eigenvalue weighted by atomic mass is 9.94. The Balaban J connectivity index is 2.28. The predicted molar refractivity (Wildman–Crippen MR) is 72.6 cm³/mol. The van der Waals surface area contributed by atoms with Gasteiger partial charge in [0.1, 0.15) is 0 Å². The molecule has 1 aliphatic carbocycles. The van der Waals surface area contributed by atoms with Crippen molar-refractivity contribution < 1.29 is 18.3 Å². The second-order valence-electron chi connectivity index (χ2n) is 6.40. The van der Waals surface area contributed by atoms with Crippen molar-refractivity contribution in [3.8, 4) is 0 Å². The van der Waals surface area contributed by atoms with Crippen molar-refractivity contribution in [2.45, 2.75) is 71.5 Å². The molecule has 0 amide bonds. The van der Waals surface area contributed by atoms with Gasteiger partial charge in [-0.3, -0.25) is 0 Å². The van der Waals surface area contributed by atoms with Gasteiger partial charge in [-0.15, -0.1) is 0 Å². The Morgan fingerprint density at radius 3 is 2.11 bits per heavy atom. The van der Waals surface area contributed by atoms with Crippen molar-refractivity contribution in [3.05, 3.63) is 0 Å². The molecule has 4 heteroatoms. The first-order chi connectivity index (χ1) is 8.80. The lowest BCUT2D eigenvalue weighted by Gasteiger charge is -2.30. The van der Waals surface area contributed by atoms with E-state index in [9.17, 15) is 8.78 Å². The fourth-order valence-corrected chi connectivity index (χ4v) is 2.16. The Morgan fingerprint density at radius 1 is 1.05 bits per heavy atom. The van der Waals surface area contributed by atoms with Gasteiger partial charge in [0, 0.05) is 19.4 Å². The highest BCUT2D eigenvalue weighted by molar-refractivity contribution is 4.78. The maximum absolute atomic E-state index is 13.0. The summed E-state index contributed by atoms with van der Waals surface area (Å²) in [6.07, 6.45) is 0.867. The van der Waals surface area contributed by atoms with Crippen LogP contribution in [0.25, 0.3) is 0 Å². The van der Waals surface area contributed by atoms with Crippen LogP contribution in [0.15, 0.2) is 0 Å². The number of hydrogen-bond donors (Lipinski definition) is 0. The summed E-state index contributed by atoms with van der Waals surface area (Å²) in [5, 5.41) is 0. The molecule has 0 aliphatic heterocycles. The highest BCUT2D eigenvalue weighted by atomic mass is 19.3. The molecule has 0 spiro atoms. The Morgan fingerprint density at radius 2 is 1.63 bits per heavy atom.